The van der Waals surface area contributed by atoms with Gasteiger partial charge >= 0.3 is 12.0 Å². The van der Waals surface area contributed by atoms with Crippen LogP contribution >= 0.6 is 11.8 Å². The predicted molar refractivity (Wildman–Crippen MR) is 74.9 cm³/mol. The highest BCUT2D eigenvalue weighted by Crippen LogP contribution is 2.23. The summed E-state index contributed by atoms with van der Waals surface area (Å²) in [6, 6.07) is 0.0655. The molecule has 0 bridgehead atoms. The van der Waals surface area contributed by atoms with Crippen molar-refractivity contribution >= 4 is 23.8 Å². The molecule has 1 aliphatic carbocycles. The smallest absolute Gasteiger partial charge is 0.336 e. The number of nitrogens with one attached hydrogen (secondary N) is 2. The molecule has 1 aliphatic heterocycles. The van der Waals surface area contributed by atoms with Crippen LogP contribution in [0.2, 0.25) is 0 Å². The molecule has 0 aromatic rings. The van der Waals surface area contributed by atoms with Crippen LogP contribution in [0.4, 0.5) is 4.79 Å². The number of carbonyl (C=O) groups excluding carboxylic acids is 2. The number of urea groups is 1. The van der Waals surface area contributed by atoms with Gasteiger partial charge in [0, 0.05) is 23.2 Å². The van der Waals surface area contributed by atoms with Crippen molar-refractivity contribution in [1.82, 2.24) is 10.6 Å². The Morgan fingerprint density at radius 1 is 1.21 bits per heavy atom. The van der Waals surface area contributed by atoms with Gasteiger partial charge in [0.2, 0.25) is 0 Å². The summed E-state index contributed by atoms with van der Waals surface area (Å²) >= 11 is 1.60. The zero-order valence-electron chi connectivity index (χ0n) is 11.2. The van der Waals surface area contributed by atoms with Crippen molar-refractivity contribution < 1.29 is 14.3 Å². The summed E-state index contributed by atoms with van der Waals surface area (Å²) in [5, 5.41) is 5.78. The first-order valence-corrected chi connectivity index (χ1v) is 7.81. The molecule has 0 aromatic carbocycles. The Morgan fingerprint density at radius 2 is 1.95 bits per heavy atom. The monoisotopic (exact) mass is 284 g/mol. The van der Waals surface area contributed by atoms with Crippen LogP contribution < -0.4 is 10.6 Å². The van der Waals surface area contributed by atoms with E-state index in [0.29, 0.717) is 22.8 Å². The van der Waals surface area contributed by atoms with E-state index in [2.05, 4.69) is 10.6 Å². The number of hydrogen-bond acceptors (Lipinski definition) is 4. The Kier molecular flexibility index (Phi) is 5.13. The van der Waals surface area contributed by atoms with E-state index < -0.39 is 0 Å². The fraction of sp³-hybridized carbons (Fsp3) is 0.692. The van der Waals surface area contributed by atoms with Crippen molar-refractivity contribution in [2.45, 2.75) is 38.1 Å². The van der Waals surface area contributed by atoms with Gasteiger partial charge in [-0.05, 0) is 12.8 Å². The van der Waals surface area contributed by atoms with Crippen molar-refractivity contribution in [1.29, 1.82) is 0 Å². The fourth-order valence-corrected chi connectivity index (χ4v) is 3.50. The Bertz CT molecular complexity index is 389. The number of thioether (sulfide) groups is 1. The van der Waals surface area contributed by atoms with E-state index in [4.69, 9.17) is 4.74 Å². The quantitative estimate of drug-likeness (QED) is 0.775. The third-order valence-electron chi connectivity index (χ3n) is 3.49. The molecule has 6 heteroatoms. The van der Waals surface area contributed by atoms with E-state index in [-0.39, 0.29) is 18.0 Å². The zero-order valence-corrected chi connectivity index (χ0v) is 12.0. The normalized spacial score (nSPS) is 20.3. The van der Waals surface area contributed by atoms with Crippen molar-refractivity contribution in [2.24, 2.45) is 0 Å². The molecule has 106 valence electrons. The fourth-order valence-electron chi connectivity index (χ4n) is 2.45. The van der Waals surface area contributed by atoms with Crippen molar-refractivity contribution in [3.8, 4) is 0 Å². The highest BCUT2D eigenvalue weighted by molar-refractivity contribution is 8.00. The molecule has 5 nitrogen and oxygen atoms in total. The van der Waals surface area contributed by atoms with E-state index in [0.717, 1.165) is 12.8 Å². The molecular weight excluding hydrogens is 264 g/mol. The predicted octanol–water partition coefficient (Wildman–Crippen LogP) is 1.79. The molecule has 0 spiro atoms. The lowest BCUT2D eigenvalue weighted by molar-refractivity contribution is -0.136. The van der Waals surface area contributed by atoms with Gasteiger partial charge in [-0.1, -0.05) is 19.3 Å². The molecule has 1 heterocycles. The molecular formula is C13H20N2O3S. The molecule has 1 saturated carbocycles. The molecule has 2 aliphatic rings. The van der Waals surface area contributed by atoms with Gasteiger partial charge in [0.05, 0.1) is 12.7 Å². The molecule has 19 heavy (non-hydrogen) atoms. The summed E-state index contributed by atoms with van der Waals surface area (Å²) in [5.74, 6) is 0.909. The molecule has 0 atom stereocenters. The van der Waals surface area contributed by atoms with Gasteiger partial charge < -0.3 is 15.4 Å². The standard InChI is InChI=1S/C13H20N2O3S/c1-18-12(16)10-7-19-8-11(10)15-13(17)14-9-5-3-2-4-6-9/h9H,2-8H2,1H3,(H2,14,15,17). The topological polar surface area (TPSA) is 67.4 Å². The second-order valence-electron chi connectivity index (χ2n) is 4.87. The molecule has 1 fully saturated rings. The Balaban J connectivity index is 1.88. The van der Waals surface area contributed by atoms with Gasteiger partial charge in [0.1, 0.15) is 0 Å². The lowest BCUT2D eigenvalue weighted by Gasteiger charge is -2.23. The number of rotatable bonds is 3. The summed E-state index contributed by atoms with van der Waals surface area (Å²) in [6.45, 7) is 0. The van der Waals surface area contributed by atoms with Crippen LogP contribution in [0.15, 0.2) is 11.3 Å². The van der Waals surface area contributed by atoms with Gasteiger partial charge in [-0.25, -0.2) is 9.59 Å². The second-order valence-corrected chi connectivity index (χ2v) is 5.86. The van der Waals surface area contributed by atoms with E-state index in [1.807, 2.05) is 0 Å². The maximum atomic E-state index is 11.9. The SMILES string of the molecule is COC(=O)C1=C(NC(=O)NC2CCCCC2)CSC1. The van der Waals surface area contributed by atoms with Crippen LogP contribution in [0.5, 0.6) is 0 Å². The van der Waals surface area contributed by atoms with E-state index in [1.54, 1.807) is 11.8 Å². The van der Waals surface area contributed by atoms with E-state index in [1.165, 1.54) is 26.4 Å². The van der Waals surface area contributed by atoms with E-state index >= 15 is 0 Å². The molecule has 0 aromatic heterocycles. The number of carbonyl (C=O) groups is 2. The number of amides is 2. The van der Waals surface area contributed by atoms with Crippen molar-refractivity contribution in [2.75, 3.05) is 18.6 Å². The van der Waals surface area contributed by atoms with Gasteiger partial charge in [0.15, 0.2) is 0 Å². The average Bonchev–Trinajstić information content (AvgIpc) is 2.87. The minimum absolute atomic E-state index is 0.203. The lowest BCUT2D eigenvalue weighted by Crippen LogP contribution is -2.43. The minimum Gasteiger partial charge on any atom is -0.466 e. The Morgan fingerprint density at radius 3 is 2.63 bits per heavy atom. The van der Waals surface area contributed by atoms with E-state index in [9.17, 15) is 9.59 Å². The first-order valence-electron chi connectivity index (χ1n) is 6.66. The summed E-state index contributed by atoms with van der Waals surface area (Å²) < 4.78 is 4.71. The summed E-state index contributed by atoms with van der Waals surface area (Å²) in [6.07, 6.45) is 5.71. The van der Waals surface area contributed by atoms with Gasteiger partial charge in [-0.2, -0.15) is 11.8 Å². The molecule has 2 N–H and O–H groups in total. The zero-order chi connectivity index (χ0) is 13.7. The summed E-state index contributed by atoms with van der Waals surface area (Å²) in [5.41, 5.74) is 1.26. The highest BCUT2D eigenvalue weighted by atomic mass is 32.2. The first-order chi connectivity index (χ1) is 9.20. The third kappa shape index (κ3) is 3.89. The van der Waals surface area contributed by atoms with Crippen molar-refractivity contribution in [3.63, 3.8) is 0 Å². The molecule has 2 rings (SSSR count). The molecule has 0 saturated heterocycles. The van der Waals surface area contributed by atoms with Crippen LogP contribution in [-0.2, 0) is 9.53 Å². The molecule has 2 amide bonds. The summed E-state index contributed by atoms with van der Waals surface area (Å²) in [7, 11) is 1.36. The highest BCUT2D eigenvalue weighted by Gasteiger charge is 2.24. The van der Waals surface area contributed by atoms with Gasteiger partial charge in [0.25, 0.3) is 0 Å². The van der Waals surface area contributed by atoms with Gasteiger partial charge in [-0.3, -0.25) is 0 Å². The third-order valence-corrected chi connectivity index (χ3v) is 4.48. The Hall–Kier alpha value is -1.17. The van der Waals surface area contributed by atoms with Crippen LogP contribution in [-0.4, -0.2) is 36.7 Å². The number of methoxy groups -OCH3 is 1. The molecule has 0 unspecified atom stereocenters. The maximum absolute atomic E-state index is 11.9. The van der Waals surface area contributed by atoms with Gasteiger partial charge in [-0.15, -0.1) is 0 Å². The average molecular weight is 284 g/mol. The second kappa shape index (κ2) is 6.84. The first kappa shape index (κ1) is 14.2. The summed E-state index contributed by atoms with van der Waals surface area (Å²) in [4.78, 5) is 23.4. The maximum Gasteiger partial charge on any atom is 0.336 e. The van der Waals surface area contributed by atoms with Crippen molar-refractivity contribution in [3.05, 3.63) is 11.3 Å². The largest absolute Gasteiger partial charge is 0.466 e. The van der Waals surface area contributed by atoms with Crippen LogP contribution in [0, 0.1) is 0 Å². The minimum atomic E-state index is -0.349. The lowest BCUT2D eigenvalue weighted by atomic mass is 9.96. The molecule has 0 radical (unpaired) electrons. The van der Waals surface area contributed by atoms with Crippen LogP contribution in [0.25, 0.3) is 0 Å². The number of hydrogen-bond donors (Lipinski definition) is 2. The van der Waals surface area contributed by atoms with Crippen LogP contribution in [0.1, 0.15) is 32.1 Å². The number of esters is 1. The van der Waals surface area contributed by atoms with Crippen LogP contribution in [0.3, 0.4) is 0 Å². The number of ether oxygens (including phenoxy) is 1. The Labute approximate surface area is 117 Å².